The molecule has 5 nitrogen and oxygen atoms in total. The van der Waals surface area contributed by atoms with Gasteiger partial charge in [-0.3, -0.25) is 4.40 Å². The molecular formula is C20H23N5. The van der Waals surface area contributed by atoms with Crippen molar-refractivity contribution in [2.75, 3.05) is 38.1 Å². The molecule has 0 bridgehead atoms. The van der Waals surface area contributed by atoms with Crippen molar-refractivity contribution in [3.63, 3.8) is 0 Å². The number of nitriles is 1. The minimum Gasteiger partial charge on any atom is -0.355 e. The van der Waals surface area contributed by atoms with Crippen LogP contribution in [0, 0.1) is 11.3 Å². The Labute approximate surface area is 148 Å². The summed E-state index contributed by atoms with van der Waals surface area (Å²) in [4.78, 5) is 9.58. The van der Waals surface area contributed by atoms with Crippen LogP contribution in [-0.4, -0.2) is 47.5 Å². The topological polar surface area (TPSA) is 47.6 Å². The summed E-state index contributed by atoms with van der Waals surface area (Å²) in [5, 5.41) is 9.80. The van der Waals surface area contributed by atoms with E-state index in [4.69, 9.17) is 4.98 Å². The Morgan fingerprint density at radius 3 is 2.52 bits per heavy atom. The fourth-order valence-electron chi connectivity index (χ4n) is 3.67. The molecular weight excluding hydrogens is 310 g/mol. The van der Waals surface area contributed by atoms with Crippen LogP contribution < -0.4 is 4.90 Å². The Hall–Kier alpha value is -2.58. The molecule has 1 aliphatic rings. The Morgan fingerprint density at radius 2 is 1.84 bits per heavy atom. The third kappa shape index (κ3) is 2.54. The summed E-state index contributed by atoms with van der Waals surface area (Å²) in [7, 11) is 2.16. The van der Waals surface area contributed by atoms with E-state index in [9.17, 15) is 5.26 Å². The average molecular weight is 333 g/mol. The number of rotatable bonds is 2. The maximum Gasteiger partial charge on any atom is 0.157 e. The molecule has 1 aromatic carbocycles. The first-order valence-corrected chi connectivity index (χ1v) is 8.88. The number of benzene rings is 1. The zero-order chi connectivity index (χ0) is 17.6. The average Bonchev–Trinajstić information content (AvgIpc) is 3.00. The summed E-state index contributed by atoms with van der Waals surface area (Å²) in [5.41, 5.74) is 4.57. The van der Waals surface area contributed by atoms with E-state index >= 15 is 0 Å². The number of imidazole rings is 1. The molecule has 5 heteroatoms. The van der Waals surface area contributed by atoms with Crippen LogP contribution in [0.15, 0.2) is 30.3 Å². The van der Waals surface area contributed by atoms with Gasteiger partial charge in [-0.05, 0) is 36.7 Å². The van der Waals surface area contributed by atoms with Gasteiger partial charge in [0.2, 0.25) is 0 Å². The van der Waals surface area contributed by atoms with Crippen LogP contribution >= 0.6 is 0 Å². The van der Waals surface area contributed by atoms with Crippen molar-refractivity contribution >= 4 is 22.5 Å². The minimum atomic E-state index is 0.283. The molecule has 1 saturated heterocycles. The highest BCUT2D eigenvalue weighted by Gasteiger charge is 2.23. The Kier molecular flexibility index (Phi) is 3.85. The highest BCUT2D eigenvalue weighted by atomic mass is 15.3. The standard InChI is InChI=1S/C20H23N5/c1-14(2)15-12-19(24-10-8-23(3)9-11-24)25-18-7-5-4-6-17(18)22-20(25)16(15)13-21/h4-7,12,14H,8-11H2,1-3H3. The molecule has 1 fully saturated rings. The maximum atomic E-state index is 9.80. The van der Waals surface area contributed by atoms with Crippen molar-refractivity contribution in [1.29, 1.82) is 5.26 Å². The van der Waals surface area contributed by atoms with E-state index < -0.39 is 0 Å². The van der Waals surface area contributed by atoms with E-state index in [1.807, 2.05) is 18.2 Å². The predicted octanol–water partition coefficient (Wildman–Crippen LogP) is 3.23. The molecule has 0 aliphatic carbocycles. The monoisotopic (exact) mass is 333 g/mol. The van der Waals surface area contributed by atoms with Gasteiger partial charge in [-0.1, -0.05) is 26.0 Å². The van der Waals surface area contributed by atoms with Crippen LogP contribution in [0.25, 0.3) is 16.7 Å². The van der Waals surface area contributed by atoms with Crippen molar-refractivity contribution in [3.05, 3.63) is 41.5 Å². The molecule has 128 valence electrons. The fraction of sp³-hybridized carbons (Fsp3) is 0.400. The second-order valence-electron chi connectivity index (χ2n) is 7.15. The van der Waals surface area contributed by atoms with Gasteiger partial charge in [-0.25, -0.2) is 4.98 Å². The molecule has 0 N–H and O–H groups in total. The van der Waals surface area contributed by atoms with Gasteiger partial charge in [0.05, 0.1) is 16.6 Å². The van der Waals surface area contributed by atoms with Crippen LogP contribution in [0.4, 0.5) is 5.82 Å². The van der Waals surface area contributed by atoms with Crippen molar-refractivity contribution < 1.29 is 0 Å². The fourth-order valence-corrected chi connectivity index (χ4v) is 3.67. The van der Waals surface area contributed by atoms with Crippen LogP contribution in [0.1, 0.15) is 30.9 Å². The largest absolute Gasteiger partial charge is 0.355 e. The third-order valence-electron chi connectivity index (χ3n) is 5.15. The van der Waals surface area contributed by atoms with Gasteiger partial charge in [0.25, 0.3) is 0 Å². The highest BCUT2D eigenvalue weighted by molar-refractivity contribution is 5.85. The molecule has 25 heavy (non-hydrogen) atoms. The summed E-state index contributed by atoms with van der Waals surface area (Å²) in [6.45, 7) is 8.35. The number of fused-ring (bicyclic) bond motifs is 3. The number of para-hydroxylation sites is 2. The number of likely N-dealkylation sites (N-methyl/N-ethyl adjacent to an activating group) is 1. The first-order chi connectivity index (χ1) is 12.1. The lowest BCUT2D eigenvalue weighted by Crippen LogP contribution is -2.45. The SMILES string of the molecule is CC(C)c1cc(N2CCN(C)CC2)n2c(nc3ccccc32)c1C#N. The maximum absolute atomic E-state index is 9.80. The van der Waals surface area contributed by atoms with E-state index in [0.29, 0.717) is 5.56 Å². The van der Waals surface area contributed by atoms with Crippen molar-refractivity contribution in [1.82, 2.24) is 14.3 Å². The van der Waals surface area contributed by atoms with Crippen molar-refractivity contribution in [2.24, 2.45) is 0 Å². The van der Waals surface area contributed by atoms with Crippen LogP contribution in [0.2, 0.25) is 0 Å². The molecule has 0 amide bonds. The lowest BCUT2D eigenvalue weighted by molar-refractivity contribution is 0.312. The van der Waals surface area contributed by atoms with Gasteiger partial charge >= 0.3 is 0 Å². The number of hydrogen-bond acceptors (Lipinski definition) is 4. The summed E-state index contributed by atoms with van der Waals surface area (Å²) >= 11 is 0. The zero-order valence-electron chi connectivity index (χ0n) is 15.0. The molecule has 3 aromatic rings. The minimum absolute atomic E-state index is 0.283. The van der Waals surface area contributed by atoms with E-state index in [2.05, 4.69) is 53.3 Å². The van der Waals surface area contributed by atoms with Gasteiger partial charge < -0.3 is 9.80 Å². The van der Waals surface area contributed by atoms with Crippen LogP contribution in [-0.2, 0) is 0 Å². The Bertz CT molecular complexity index is 971. The van der Waals surface area contributed by atoms with E-state index in [-0.39, 0.29) is 5.92 Å². The van der Waals surface area contributed by atoms with Gasteiger partial charge in [-0.15, -0.1) is 0 Å². The van der Waals surface area contributed by atoms with E-state index in [0.717, 1.165) is 54.2 Å². The summed E-state index contributed by atoms with van der Waals surface area (Å²) < 4.78 is 2.17. The first kappa shape index (κ1) is 15.9. The molecule has 3 heterocycles. The molecule has 1 aliphatic heterocycles. The second-order valence-corrected chi connectivity index (χ2v) is 7.15. The number of anilines is 1. The molecule has 0 saturated carbocycles. The molecule has 4 rings (SSSR count). The van der Waals surface area contributed by atoms with Gasteiger partial charge in [0.15, 0.2) is 5.65 Å². The van der Waals surface area contributed by atoms with Gasteiger partial charge in [-0.2, -0.15) is 5.26 Å². The molecule has 0 spiro atoms. The zero-order valence-corrected chi connectivity index (χ0v) is 15.0. The number of hydrogen-bond donors (Lipinski definition) is 0. The quantitative estimate of drug-likeness (QED) is 0.722. The normalized spacial score (nSPS) is 16.0. The summed E-state index contributed by atoms with van der Waals surface area (Å²) in [6.07, 6.45) is 0. The molecule has 0 radical (unpaired) electrons. The Balaban J connectivity index is 2.04. The summed E-state index contributed by atoms with van der Waals surface area (Å²) in [6, 6.07) is 12.8. The van der Waals surface area contributed by atoms with Crippen LogP contribution in [0.5, 0.6) is 0 Å². The van der Waals surface area contributed by atoms with E-state index in [1.54, 1.807) is 0 Å². The molecule has 0 atom stereocenters. The lowest BCUT2D eigenvalue weighted by atomic mass is 9.98. The molecule has 0 unspecified atom stereocenters. The summed E-state index contributed by atoms with van der Waals surface area (Å²) in [5.74, 6) is 1.44. The second kappa shape index (κ2) is 6.05. The number of piperazine rings is 1. The van der Waals surface area contributed by atoms with Gasteiger partial charge in [0.1, 0.15) is 11.9 Å². The van der Waals surface area contributed by atoms with Crippen LogP contribution in [0.3, 0.4) is 0 Å². The lowest BCUT2D eigenvalue weighted by Gasteiger charge is -2.35. The number of aromatic nitrogens is 2. The van der Waals surface area contributed by atoms with Crippen molar-refractivity contribution in [3.8, 4) is 6.07 Å². The number of pyridine rings is 1. The smallest absolute Gasteiger partial charge is 0.157 e. The van der Waals surface area contributed by atoms with E-state index in [1.165, 1.54) is 0 Å². The van der Waals surface area contributed by atoms with Gasteiger partial charge in [0, 0.05) is 26.2 Å². The first-order valence-electron chi connectivity index (χ1n) is 8.88. The Morgan fingerprint density at radius 1 is 1.12 bits per heavy atom. The highest BCUT2D eigenvalue weighted by Crippen LogP contribution is 2.32. The van der Waals surface area contributed by atoms with Crippen molar-refractivity contribution in [2.45, 2.75) is 19.8 Å². The number of nitrogens with zero attached hydrogens (tertiary/aromatic N) is 5. The third-order valence-corrected chi connectivity index (χ3v) is 5.15. The molecule has 2 aromatic heterocycles. The predicted molar refractivity (Wildman–Crippen MR) is 101 cm³/mol.